The summed E-state index contributed by atoms with van der Waals surface area (Å²) in [5.74, 6) is 1.31. The molecule has 2 aliphatic rings. The molecule has 6 heteroatoms. The van der Waals surface area contributed by atoms with Crippen molar-refractivity contribution in [2.75, 3.05) is 17.1 Å². The van der Waals surface area contributed by atoms with Crippen molar-refractivity contribution >= 4 is 21.4 Å². The fourth-order valence-corrected chi connectivity index (χ4v) is 6.20. The maximum atomic E-state index is 13.2. The molecule has 0 fully saturated rings. The first-order chi connectivity index (χ1) is 15.9. The van der Waals surface area contributed by atoms with Crippen LogP contribution in [0.15, 0.2) is 77.7 Å². The van der Waals surface area contributed by atoms with Gasteiger partial charge in [-0.25, -0.2) is 8.42 Å². The van der Waals surface area contributed by atoms with Crippen molar-refractivity contribution in [3.8, 4) is 5.75 Å². The van der Waals surface area contributed by atoms with Crippen LogP contribution in [0.2, 0.25) is 0 Å². The van der Waals surface area contributed by atoms with Gasteiger partial charge in [0.15, 0.2) is 0 Å². The largest absolute Gasteiger partial charge is 0.497 e. The van der Waals surface area contributed by atoms with Gasteiger partial charge in [-0.1, -0.05) is 42.0 Å². The van der Waals surface area contributed by atoms with Gasteiger partial charge in [0.1, 0.15) is 5.75 Å². The van der Waals surface area contributed by atoms with Crippen LogP contribution < -0.4 is 14.8 Å². The summed E-state index contributed by atoms with van der Waals surface area (Å²) >= 11 is 0. The minimum absolute atomic E-state index is 0.128. The zero-order valence-electron chi connectivity index (χ0n) is 19.0. The number of aryl methyl sites for hydroxylation is 2. The van der Waals surface area contributed by atoms with Crippen LogP contribution in [0.4, 0.5) is 11.4 Å². The van der Waals surface area contributed by atoms with E-state index in [-0.39, 0.29) is 16.9 Å². The Balaban J connectivity index is 1.49. The second-order valence-electron chi connectivity index (χ2n) is 8.93. The van der Waals surface area contributed by atoms with Crippen molar-refractivity contribution in [3.63, 3.8) is 0 Å². The highest BCUT2D eigenvalue weighted by Crippen LogP contribution is 2.50. The van der Waals surface area contributed by atoms with Crippen LogP contribution in [0, 0.1) is 19.8 Å². The Morgan fingerprint density at radius 1 is 1.03 bits per heavy atom. The topological polar surface area (TPSA) is 67.4 Å². The molecule has 2 N–H and O–H groups in total. The molecule has 0 spiro atoms. The van der Waals surface area contributed by atoms with Gasteiger partial charge in [-0.05, 0) is 79.3 Å². The maximum absolute atomic E-state index is 13.2. The molecule has 5 nitrogen and oxygen atoms in total. The number of rotatable bonds is 5. The van der Waals surface area contributed by atoms with E-state index in [1.165, 1.54) is 5.56 Å². The Labute approximate surface area is 195 Å². The fraction of sp³-hybridized carbons (Fsp3) is 0.259. The summed E-state index contributed by atoms with van der Waals surface area (Å²) in [4.78, 5) is 0.280. The van der Waals surface area contributed by atoms with Crippen molar-refractivity contribution in [3.05, 3.63) is 95.1 Å². The molecule has 170 valence electrons. The minimum atomic E-state index is -3.70. The summed E-state index contributed by atoms with van der Waals surface area (Å²) in [7, 11) is -2.03. The van der Waals surface area contributed by atoms with Gasteiger partial charge in [0.25, 0.3) is 10.0 Å². The molecule has 0 saturated heterocycles. The summed E-state index contributed by atoms with van der Waals surface area (Å²) < 4.78 is 34.6. The van der Waals surface area contributed by atoms with Crippen LogP contribution in [0.25, 0.3) is 0 Å². The predicted molar refractivity (Wildman–Crippen MR) is 133 cm³/mol. The lowest BCUT2D eigenvalue weighted by Crippen LogP contribution is -2.29. The Morgan fingerprint density at radius 2 is 1.88 bits per heavy atom. The second kappa shape index (κ2) is 8.27. The summed E-state index contributed by atoms with van der Waals surface area (Å²) in [5.41, 5.74) is 5.77. The molecule has 0 unspecified atom stereocenters. The van der Waals surface area contributed by atoms with Gasteiger partial charge < -0.3 is 10.1 Å². The van der Waals surface area contributed by atoms with Gasteiger partial charge in [0, 0.05) is 11.6 Å². The van der Waals surface area contributed by atoms with E-state index >= 15 is 0 Å². The van der Waals surface area contributed by atoms with E-state index in [1.807, 2.05) is 56.3 Å². The number of nitrogens with one attached hydrogen (secondary N) is 2. The van der Waals surface area contributed by atoms with Gasteiger partial charge in [0.05, 0.1) is 23.7 Å². The van der Waals surface area contributed by atoms with Crippen molar-refractivity contribution in [2.45, 2.75) is 37.1 Å². The second-order valence-corrected chi connectivity index (χ2v) is 10.6. The summed E-state index contributed by atoms with van der Waals surface area (Å²) in [6.07, 6.45) is 5.36. The molecule has 33 heavy (non-hydrogen) atoms. The molecule has 1 aliphatic heterocycles. The van der Waals surface area contributed by atoms with Crippen LogP contribution in [0.5, 0.6) is 5.75 Å². The number of ether oxygens (including phenoxy) is 1. The summed E-state index contributed by atoms with van der Waals surface area (Å²) in [6, 6.07) is 19.4. The van der Waals surface area contributed by atoms with Gasteiger partial charge in [-0.15, -0.1) is 0 Å². The standard InChI is InChI=1S/C27H28N2O3S/c1-17-10-12-25(18(2)14-17)29-33(30,31)21-11-13-26-24(16-21)22-8-5-9-23(22)27(28-26)19-6-4-7-20(15-19)32-3/h4-8,10-16,22-23,27-29H,9H2,1-3H3/t22-,23-,27-/m1/s1. The predicted octanol–water partition coefficient (Wildman–Crippen LogP) is 5.94. The van der Waals surface area contributed by atoms with E-state index in [1.54, 1.807) is 13.2 Å². The van der Waals surface area contributed by atoms with E-state index in [0.717, 1.165) is 34.5 Å². The molecule has 0 bridgehead atoms. The molecule has 0 saturated carbocycles. The number of benzene rings is 3. The average molecular weight is 461 g/mol. The molecule has 0 radical (unpaired) electrons. The molecule has 1 aliphatic carbocycles. The van der Waals surface area contributed by atoms with Crippen molar-refractivity contribution < 1.29 is 13.2 Å². The normalized spacial score (nSPS) is 21.1. The Kier molecular flexibility index (Phi) is 5.41. The number of sulfonamides is 1. The first kappa shape index (κ1) is 21.6. The van der Waals surface area contributed by atoms with E-state index < -0.39 is 10.0 Å². The quantitative estimate of drug-likeness (QED) is 0.463. The maximum Gasteiger partial charge on any atom is 0.261 e. The van der Waals surface area contributed by atoms with Crippen LogP contribution in [0.1, 0.15) is 40.6 Å². The van der Waals surface area contributed by atoms with Crippen molar-refractivity contribution in [1.82, 2.24) is 0 Å². The molecule has 3 aromatic rings. The summed E-state index contributed by atoms with van der Waals surface area (Å²) in [6.45, 7) is 3.90. The summed E-state index contributed by atoms with van der Waals surface area (Å²) in [5, 5.41) is 3.67. The van der Waals surface area contributed by atoms with Gasteiger partial charge >= 0.3 is 0 Å². The smallest absolute Gasteiger partial charge is 0.261 e. The SMILES string of the molecule is COc1cccc([C@H]2Nc3ccc(S(=O)(=O)Nc4ccc(C)cc4C)cc3[C@@H]3C=CC[C@@H]23)c1. The third-order valence-corrected chi connectivity index (χ3v) is 8.09. The number of anilines is 2. The van der Waals surface area contributed by atoms with Crippen molar-refractivity contribution in [1.29, 1.82) is 0 Å². The lowest BCUT2D eigenvalue weighted by molar-refractivity contribution is 0.406. The highest BCUT2D eigenvalue weighted by molar-refractivity contribution is 7.92. The average Bonchev–Trinajstić information content (AvgIpc) is 3.30. The molecular formula is C27H28N2O3S. The first-order valence-electron chi connectivity index (χ1n) is 11.2. The third-order valence-electron chi connectivity index (χ3n) is 6.72. The molecule has 0 amide bonds. The molecule has 1 heterocycles. The highest BCUT2D eigenvalue weighted by Gasteiger charge is 2.38. The molecule has 5 rings (SSSR count). The zero-order valence-corrected chi connectivity index (χ0v) is 19.8. The number of methoxy groups -OCH3 is 1. The zero-order chi connectivity index (χ0) is 23.2. The van der Waals surface area contributed by atoms with Crippen molar-refractivity contribution in [2.24, 2.45) is 5.92 Å². The lowest BCUT2D eigenvalue weighted by Gasteiger charge is -2.37. The fourth-order valence-electron chi connectivity index (χ4n) is 5.04. The van der Waals surface area contributed by atoms with Crippen LogP contribution in [0.3, 0.4) is 0 Å². The molecule has 3 aromatic carbocycles. The van der Waals surface area contributed by atoms with Crippen LogP contribution >= 0.6 is 0 Å². The van der Waals surface area contributed by atoms with E-state index in [9.17, 15) is 8.42 Å². The van der Waals surface area contributed by atoms with E-state index in [4.69, 9.17) is 4.74 Å². The highest BCUT2D eigenvalue weighted by atomic mass is 32.2. The van der Waals surface area contributed by atoms with Gasteiger partial charge in [-0.3, -0.25) is 4.72 Å². The Hall–Kier alpha value is -3.25. The Morgan fingerprint density at radius 3 is 2.67 bits per heavy atom. The monoisotopic (exact) mass is 460 g/mol. The minimum Gasteiger partial charge on any atom is -0.497 e. The van der Waals surface area contributed by atoms with Crippen LogP contribution in [-0.4, -0.2) is 15.5 Å². The molecular weight excluding hydrogens is 432 g/mol. The van der Waals surface area contributed by atoms with Gasteiger partial charge in [-0.2, -0.15) is 0 Å². The van der Waals surface area contributed by atoms with E-state index in [2.05, 4.69) is 34.3 Å². The third kappa shape index (κ3) is 4.00. The molecule has 3 atom stereocenters. The number of allylic oxidation sites excluding steroid dienone is 2. The number of hydrogen-bond donors (Lipinski definition) is 2. The first-order valence-corrected chi connectivity index (χ1v) is 12.7. The van der Waals surface area contributed by atoms with Gasteiger partial charge in [0.2, 0.25) is 0 Å². The number of hydrogen-bond acceptors (Lipinski definition) is 4. The van der Waals surface area contributed by atoms with Crippen LogP contribution in [-0.2, 0) is 10.0 Å². The Bertz CT molecular complexity index is 1350. The lowest BCUT2D eigenvalue weighted by atomic mass is 9.77. The molecule has 0 aromatic heterocycles. The van der Waals surface area contributed by atoms with E-state index in [0.29, 0.717) is 11.6 Å². The number of fused-ring (bicyclic) bond motifs is 3.